The van der Waals surface area contributed by atoms with Crippen LogP contribution in [-0.4, -0.2) is 45.4 Å². The Labute approximate surface area is 251 Å². The molecule has 2 rings (SSSR count). The van der Waals surface area contributed by atoms with Crippen molar-refractivity contribution in [3.05, 3.63) is 58.7 Å². The SMILES string of the molecule is NN(S(=O)(=O)c1cc(C(F)(F)F)cc(C(F)(F)F)c1)S(=O)(=O)c1cc(C(F)(C(F)(F)F)C(F)(F)F)cc(C(F)(C(F)(F)F)C(F)(F)F)c1. The van der Waals surface area contributed by atoms with Crippen LogP contribution < -0.4 is 5.84 Å². The summed E-state index contributed by atoms with van der Waals surface area (Å²) < 4.78 is 318. The zero-order valence-electron chi connectivity index (χ0n) is 21.5. The minimum Gasteiger partial charge on any atom is -0.240 e. The van der Waals surface area contributed by atoms with Crippen molar-refractivity contribution in [1.82, 2.24) is 3.82 Å². The van der Waals surface area contributed by atoms with Crippen molar-refractivity contribution in [2.24, 2.45) is 5.84 Å². The fourth-order valence-corrected chi connectivity index (χ4v) is 6.60. The van der Waals surface area contributed by atoms with Gasteiger partial charge in [-0.3, -0.25) is 0 Å². The normalized spacial score (nSPS) is 15.3. The lowest BCUT2D eigenvalue weighted by molar-refractivity contribution is -0.350. The largest absolute Gasteiger partial charge is 0.435 e. The zero-order chi connectivity index (χ0) is 38.3. The Kier molecular flexibility index (Phi) is 9.79. The molecule has 0 spiro atoms. The van der Waals surface area contributed by atoms with E-state index in [2.05, 4.69) is 0 Å². The Morgan fingerprint density at radius 2 is 0.604 bits per heavy atom. The molecule has 0 radical (unpaired) electrons. The number of rotatable bonds is 6. The van der Waals surface area contributed by atoms with Gasteiger partial charge in [0.05, 0.1) is 20.9 Å². The third-order valence-electron chi connectivity index (χ3n) is 5.90. The molecular formula is C20H8F20N2O4S2. The molecule has 0 aromatic heterocycles. The first-order chi connectivity index (χ1) is 20.8. The summed E-state index contributed by atoms with van der Waals surface area (Å²) in [6, 6.07) is -6.92. The summed E-state index contributed by atoms with van der Waals surface area (Å²) in [7, 11) is -13.9. The molecule has 0 saturated heterocycles. The third-order valence-corrected chi connectivity index (χ3v) is 9.68. The molecule has 0 bridgehead atoms. The van der Waals surface area contributed by atoms with E-state index in [1.807, 2.05) is 0 Å². The average Bonchev–Trinajstić information content (AvgIpc) is 2.87. The third kappa shape index (κ3) is 6.83. The average molecular weight is 784 g/mol. The molecule has 0 saturated carbocycles. The van der Waals surface area contributed by atoms with Crippen molar-refractivity contribution in [2.75, 3.05) is 0 Å². The van der Waals surface area contributed by atoms with Crippen LogP contribution in [-0.2, 0) is 43.7 Å². The van der Waals surface area contributed by atoms with E-state index in [0.717, 1.165) is 0 Å². The highest BCUT2D eigenvalue weighted by molar-refractivity contribution is 8.04. The molecule has 0 fully saturated rings. The first-order valence-electron chi connectivity index (χ1n) is 10.9. The molecule has 274 valence electrons. The number of alkyl halides is 20. The number of hydrogen-bond donors (Lipinski definition) is 1. The topological polar surface area (TPSA) is 97.5 Å². The Balaban J connectivity index is 3.15. The molecule has 0 heterocycles. The van der Waals surface area contributed by atoms with Crippen LogP contribution in [0, 0.1) is 0 Å². The van der Waals surface area contributed by atoms with Crippen LogP contribution in [0.1, 0.15) is 22.3 Å². The number of sulfonamides is 2. The van der Waals surface area contributed by atoms with E-state index in [9.17, 15) is 105 Å². The smallest absolute Gasteiger partial charge is 0.240 e. The van der Waals surface area contributed by atoms with Crippen LogP contribution in [0.5, 0.6) is 0 Å². The minimum absolute atomic E-state index is 0.769. The van der Waals surface area contributed by atoms with Gasteiger partial charge < -0.3 is 0 Å². The standard InChI is InChI=1S/C20H8F20N2O4S2/c21-13(17(29,30)31,18(32,33)34)7-1-8(14(22,19(35,36)37)20(38,39)40)4-11(3-7)47(43,44)42(41)48(45,46)12-5-9(15(23,24)25)2-10(6-12)16(26,27)28/h1-6H,41H2. The second-order valence-corrected chi connectivity index (χ2v) is 12.9. The van der Waals surface area contributed by atoms with Crippen molar-refractivity contribution in [2.45, 2.75) is 58.2 Å². The molecule has 0 atom stereocenters. The number of nitrogens with two attached hydrogens (primary N) is 1. The van der Waals surface area contributed by atoms with E-state index in [1.165, 1.54) is 0 Å². The van der Waals surface area contributed by atoms with Crippen LogP contribution in [0.3, 0.4) is 0 Å². The van der Waals surface area contributed by atoms with Crippen LogP contribution in [0.4, 0.5) is 87.8 Å². The van der Waals surface area contributed by atoms with Gasteiger partial charge in [0.2, 0.25) is 0 Å². The van der Waals surface area contributed by atoms with Crippen molar-refractivity contribution < 1.29 is 105 Å². The Morgan fingerprint density at radius 1 is 0.396 bits per heavy atom. The van der Waals surface area contributed by atoms with Gasteiger partial charge in [0.1, 0.15) is 0 Å². The summed E-state index contributed by atoms with van der Waals surface area (Å²) in [5.41, 5.74) is -26.7. The molecule has 0 unspecified atom stereocenters. The number of hydrogen-bond acceptors (Lipinski definition) is 5. The van der Waals surface area contributed by atoms with Crippen molar-refractivity contribution in [3.8, 4) is 0 Å². The van der Waals surface area contributed by atoms with E-state index < -0.39 is 141 Å². The lowest BCUT2D eigenvalue weighted by atomic mass is 9.87. The fourth-order valence-electron chi connectivity index (χ4n) is 3.53. The van der Waals surface area contributed by atoms with Gasteiger partial charge in [-0.05, 0) is 40.2 Å². The summed E-state index contributed by atoms with van der Waals surface area (Å²) in [4.78, 5) is -5.52. The highest BCUT2D eigenvalue weighted by Gasteiger charge is 2.76. The van der Waals surface area contributed by atoms with Gasteiger partial charge in [0.25, 0.3) is 20.0 Å². The Morgan fingerprint density at radius 3 is 0.812 bits per heavy atom. The van der Waals surface area contributed by atoms with Crippen molar-refractivity contribution in [1.29, 1.82) is 0 Å². The van der Waals surface area contributed by atoms with E-state index >= 15 is 0 Å². The summed E-state index contributed by atoms with van der Waals surface area (Å²) in [6.07, 6.45) is -41.7. The van der Waals surface area contributed by atoms with Crippen LogP contribution in [0.2, 0.25) is 0 Å². The summed E-state index contributed by atoms with van der Waals surface area (Å²) in [5.74, 6) is 4.69. The molecular weight excluding hydrogens is 776 g/mol. The van der Waals surface area contributed by atoms with Crippen molar-refractivity contribution >= 4 is 20.0 Å². The summed E-state index contributed by atoms with van der Waals surface area (Å²) in [6.45, 7) is 0. The number of benzene rings is 2. The first-order valence-corrected chi connectivity index (χ1v) is 13.8. The monoisotopic (exact) mass is 784 g/mol. The van der Waals surface area contributed by atoms with E-state index in [1.54, 1.807) is 0 Å². The Hall–Kier alpha value is -3.14. The van der Waals surface area contributed by atoms with E-state index in [4.69, 9.17) is 5.84 Å². The molecule has 2 N–H and O–H groups in total. The fraction of sp³-hybridized carbons (Fsp3) is 0.400. The lowest BCUT2D eigenvalue weighted by Gasteiger charge is -2.34. The maximum Gasteiger partial charge on any atom is 0.435 e. The number of nitrogens with zero attached hydrogens (tertiary/aromatic N) is 1. The van der Waals surface area contributed by atoms with Gasteiger partial charge in [0, 0.05) is 11.1 Å². The van der Waals surface area contributed by atoms with Crippen LogP contribution in [0.25, 0.3) is 0 Å². The number of halogens is 20. The zero-order valence-corrected chi connectivity index (χ0v) is 23.1. The van der Waals surface area contributed by atoms with E-state index in [0.29, 0.717) is 0 Å². The predicted molar refractivity (Wildman–Crippen MR) is 113 cm³/mol. The second kappa shape index (κ2) is 11.5. The molecule has 2 aromatic rings. The van der Waals surface area contributed by atoms with Gasteiger partial charge >= 0.3 is 48.4 Å². The van der Waals surface area contributed by atoms with Gasteiger partial charge in [-0.15, -0.1) is 0 Å². The molecule has 0 aliphatic carbocycles. The molecule has 0 aliphatic heterocycles. The van der Waals surface area contributed by atoms with Crippen LogP contribution in [0.15, 0.2) is 46.2 Å². The predicted octanol–water partition coefficient (Wildman–Crippen LogP) is 7.56. The maximum absolute atomic E-state index is 14.8. The second-order valence-electron chi connectivity index (χ2n) is 9.03. The molecule has 48 heavy (non-hydrogen) atoms. The molecule has 2 aromatic carbocycles. The van der Waals surface area contributed by atoms with E-state index in [-0.39, 0.29) is 0 Å². The first kappa shape index (κ1) is 41.0. The molecule has 0 aliphatic rings. The summed E-state index contributed by atoms with van der Waals surface area (Å²) in [5, 5.41) is 0. The Bertz CT molecular complexity index is 1650. The highest BCUT2D eigenvalue weighted by atomic mass is 32.3. The van der Waals surface area contributed by atoms with Gasteiger partial charge in [-0.25, -0.2) is 31.5 Å². The van der Waals surface area contributed by atoms with Gasteiger partial charge in [-0.1, -0.05) is 0 Å². The van der Waals surface area contributed by atoms with Crippen molar-refractivity contribution in [3.63, 3.8) is 0 Å². The van der Waals surface area contributed by atoms with Crippen LogP contribution >= 0.6 is 0 Å². The lowest BCUT2D eigenvalue weighted by Crippen LogP contribution is -2.52. The number of hydrazine groups is 1. The quantitative estimate of drug-likeness (QED) is 0.186. The van der Waals surface area contributed by atoms with Gasteiger partial charge in [-0.2, -0.15) is 79.0 Å². The molecule has 0 amide bonds. The highest BCUT2D eigenvalue weighted by Crippen LogP contribution is 2.57. The molecule has 6 nitrogen and oxygen atoms in total. The summed E-state index contributed by atoms with van der Waals surface area (Å²) >= 11 is 0. The maximum atomic E-state index is 14.8. The molecule has 28 heteroatoms. The minimum atomic E-state index is -7.49. The van der Waals surface area contributed by atoms with Gasteiger partial charge in [0.15, 0.2) is 0 Å².